The molecule has 1 atom stereocenters. The van der Waals surface area contributed by atoms with Crippen LogP contribution in [0.4, 0.5) is 13.2 Å². The lowest BCUT2D eigenvalue weighted by molar-refractivity contribution is -0.146. The second-order valence-corrected chi connectivity index (χ2v) is 6.52. The van der Waals surface area contributed by atoms with Crippen molar-refractivity contribution in [1.82, 2.24) is 10.6 Å². The number of alkyl halides is 3. The molecular formula is C18H25F3N2O2. The summed E-state index contributed by atoms with van der Waals surface area (Å²) >= 11 is 0. The molecule has 1 saturated heterocycles. The highest BCUT2D eigenvalue weighted by molar-refractivity contribution is 5.85. The van der Waals surface area contributed by atoms with Crippen LogP contribution in [-0.2, 0) is 15.7 Å². The Hall–Kier alpha value is -1.60. The first-order chi connectivity index (χ1) is 11.8. The molecule has 0 aliphatic carbocycles. The quantitative estimate of drug-likeness (QED) is 0.822. The maximum atomic E-state index is 12.8. The van der Waals surface area contributed by atoms with Crippen LogP contribution in [0.2, 0.25) is 0 Å². The van der Waals surface area contributed by atoms with Crippen LogP contribution in [0.25, 0.3) is 0 Å². The minimum atomic E-state index is -4.34. The van der Waals surface area contributed by atoms with Crippen molar-refractivity contribution in [2.24, 2.45) is 0 Å². The number of hydrogen-bond donors (Lipinski definition) is 2. The van der Waals surface area contributed by atoms with E-state index in [2.05, 4.69) is 10.6 Å². The van der Waals surface area contributed by atoms with E-state index in [1.165, 1.54) is 19.2 Å². The lowest BCUT2D eigenvalue weighted by Gasteiger charge is -2.34. The molecule has 1 unspecified atom stereocenters. The summed E-state index contributed by atoms with van der Waals surface area (Å²) in [6.45, 7) is 3.71. The van der Waals surface area contributed by atoms with Crippen LogP contribution in [0, 0.1) is 0 Å². The summed E-state index contributed by atoms with van der Waals surface area (Å²) in [7, 11) is 1.54. The van der Waals surface area contributed by atoms with E-state index in [4.69, 9.17) is 4.74 Å². The van der Waals surface area contributed by atoms with Crippen LogP contribution in [0.3, 0.4) is 0 Å². The number of methoxy groups -OCH3 is 1. The fourth-order valence-electron chi connectivity index (χ4n) is 3.11. The normalized spacial score (nSPS) is 18.6. The van der Waals surface area contributed by atoms with E-state index >= 15 is 0 Å². The average molecular weight is 358 g/mol. The fraction of sp³-hybridized carbons (Fsp3) is 0.611. The van der Waals surface area contributed by atoms with Crippen molar-refractivity contribution >= 4 is 5.91 Å². The van der Waals surface area contributed by atoms with E-state index in [-0.39, 0.29) is 11.8 Å². The zero-order valence-corrected chi connectivity index (χ0v) is 14.6. The smallest absolute Gasteiger partial charge is 0.368 e. The zero-order valence-electron chi connectivity index (χ0n) is 14.6. The summed E-state index contributed by atoms with van der Waals surface area (Å²) in [6, 6.07) is 5.35. The van der Waals surface area contributed by atoms with Crippen molar-refractivity contribution in [3.63, 3.8) is 0 Å². The van der Waals surface area contributed by atoms with Gasteiger partial charge in [0.25, 0.3) is 5.91 Å². The zero-order chi connectivity index (χ0) is 18.5. The third-order valence-corrected chi connectivity index (χ3v) is 4.86. The SMILES string of the molecule is COC1(C(=O)NCCC(C)c2cccc(C(F)(F)F)c2)CCNCC1. The summed E-state index contributed by atoms with van der Waals surface area (Å²) in [5.41, 5.74) is -0.827. The molecule has 0 saturated carbocycles. The Morgan fingerprint density at radius 1 is 1.36 bits per heavy atom. The number of halogens is 3. The maximum absolute atomic E-state index is 12.8. The minimum absolute atomic E-state index is 0.0888. The Bertz CT molecular complexity index is 584. The van der Waals surface area contributed by atoms with E-state index in [1.54, 1.807) is 6.07 Å². The van der Waals surface area contributed by atoms with E-state index in [9.17, 15) is 18.0 Å². The van der Waals surface area contributed by atoms with Crippen LogP contribution >= 0.6 is 0 Å². The number of ether oxygens (including phenoxy) is 1. The predicted molar refractivity (Wildman–Crippen MR) is 89.3 cm³/mol. The number of carbonyl (C=O) groups is 1. The van der Waals surface area contributed by atoms with Crippen molar-refractivity contribution in [2.45, 2.75) is 43.9 Å². The van der Waals surface area contributed by atoms with Crippen molar-refractivity contribution < 1.29 is 22.7 Å². The van der Waals surface area contributed by atoms with Gasteiger partial charge in [0.15, 0.2) is 0 Å². The van der Waals surface area contributed by atoms with E-state index in [0.717, 1.165) is 19.2 Å². The molecule has 140 valence electrons. The molecule has 4 nitrogen and oxygen atoms in total. The molecule has 0 aromatic heterocycles. The molecule has 1 fully saturated rings. The van der Waals surface area contributed by atoms with Crippen LogP contribution < -0.4 is 10.6 Å². The number of carbonyl (C=O) groups excluding carboxylic acids is 1. The van der Waals surface area contributed by atoms with Crippen LogP contribution in [0.5, 0.6) is 0 Å². The van der Waals surface area contributed by atoms with Crippen molar-refractivity contribution in [1.29, 1.82) is 0 Å². The average Bonchev–Trinajstić information content (AvgIpc) is 2.61. The van der Waals surface area contributed by atoms with Gasteiger partial charge in [0.05, 0.1) is 5.56 Å². The van der Waals surface area contributed by atoms with Gasteiger partial charge >= 0.3 is 6.18 Å². The highest BCUT2D eigenvalue weighted by atomic mass is 19.4. The maximum Gasteiger partial charge on any atom is 0.416 e. The van der Waals surface area contributed by atoms with E-state index in [0.29, 0.717) is 31.4 Å². The number of rotatable bonds is 6. The predicted octanol–water partition coefficient (Wildman–Crippen LogP) is 3.08. The molecule has 0 spiro atoms. The first kappa shape index (κ1) is 19.7. The largest absolute Gasteiger partial charge is 0.416 e. The molecule has 7 heteroatoms. The Labute approximate surface area is 146 Å². The Balaban J connectivity index is 1.90. The lowest BCUT2D eigenvalue weighted by atomic mass is 9.90. The minimum Gasteiger partial charge on any atom is -0.368 e. The summed E-state index contributed by atoms with van der Waals surface area (Å²) in [5.74, 6) is -0.234. The standard InChI is InChI=1S/C18H25F3N2O2/c1-13(14-4-3-5-15(12-14)18(19,20)21)6-9-23-16(24)17(25-2)7-10-22-11-8-17/h3-5,12-13,22H,6-11H2,1-2H3,(H,23,24). The van der Waals surface area contributed by atoms with Crippen LogP contribution in [0.1, 0.15) is 43.2 Å². The van der Waals surface area contributed by atoms with Crippen molar-refractivity contribution in [2.75, 3.05) is 26.7 Å². The molecule has 0 radical (unpaired) electrons. The first-order valence-electron chi connectivity index (χ1n) is 8.50. The topological polar surface area (TPSA) is 50.4 Å². The highest BCUT2D eigenvalue weighted by Gasteiger charge is 2.39. The number of nitrogens with one attached hydrogen (secondary N) is 2. The second-order valence-electron chi connectivity index (χ2n) is 6.52. The molecule has 1 amide bonds. The number of amides is 1. The number of piperidine rings is 1. The monoisotopic (exact) mass is 358 g/mol. The molecule has 2 rings (SSSR count). The number of benzene rings is 1. The third-order valence-electron chi connectivity index (χ3n) is 4.86. The van der Waals surface area contributed by atoms with Gasteiger partial charge < -0.3 is 15.4 Å². The number of hydrogen-bond acceptors (Lipinski definition) is 3. The Morgan fingerprint density at radius 2 is 2.04 bits per heavy atom. The van der Waals surface area contributed by atoms with Gasteiger partial charge in [0.2, 0.25) is 0 Å². The molecule has 0 bridgehead atoms. The highest BCUT2D eigenvalue weighted by Crippen LogP contribution is 2.31. The van der Waals surface area contributed by atoms with Gasteiger partial charge in [-0.15, -0.1) is 0 Å². The molecule has 25 heavy (non-hydrogen) atoms. The van der Waals surface area contributed by atoms with Gasteiger partial charge in [-0.3, -0.25) is 4.79 Å². The molecule has 2 N–H and O–H groups in total. The summed E-state index contributed by atoms with van der Waals surface area (Å²) in [6.07, 6.45) is -2.56. The van der Waals surface area contributed by atoms with Gasteiger partial charge in [0.1, 0.15) is 5.60 Å². The second kappa shape index (κ2) is 8.19. The van der Waals surface area contributed by atoms with Gasteiger partial charge in [-0.25, -0.2) is 0 Å². The molecule has 1 aliphatic rings. The Kier molecular flexibility index (Phi) is 6.46. The van der Waals surface area contributed by atoms with Gasteiger partial charge in [-0.1, -0.05) is 25.1 Å². The van der Waals surface area contributed by atoms with E-state index < -0.39 is 17.3 Å². The summed E-state index contributed by atoms with van der Waals surface area (Å²) in [5, 5.41) is 6.07. The molecule has 1 aromatic carbocycles. The van der Waals surface area contributed by atoms with Gasteiger partial charge in [-0.2, -0.15) is 13.2 Å². The molecule has 1 heterocycles. The van der Waals surface area contributed by atoms with Gasteiger partial charge in [-0.05, 0) is 49.9 Å². The first-order valence-corrected chi connectivity index (χ1v) is 8.50. The molecular weight excluding hydrogens is 333 g/mol. The third kappa shape index (κ3) is 4.95. The molecule has 1 aliphatic heterocycles. The van der Waals surface area contributed by atoms with Crippen LogP contribution in [-0.4, -0.2) is 38.3 Å². The summed E-state index contributed by atoms with van der Waals surface area (Å²) in [4.78, 5) is 12.4. The van der Waals surface area contributed by atoms with E-state index in [1.807, 2.05) is 6.92 Å². The lowest BCUT2D eigenvalue weighted by Crippen LogP contribution is -2.54. The Morgan fingerprint density at radius 3 is 2.64 bits per heavy atom. The summed E-state index contributed by atoms with van der Waals surface area (Å²) < 4.78 is 43.9. The van der Waals surface area contributed by atoms with Crippen molar-refractivity contribution in [3.05, 3.63) is 35.4 Å². The fourth-order valence-corrected chi connectivity index (χ4v) is 3.11. The van der Waals surface area contributed by atoms with Gasteiger partial charge in [0, 0.05) is 13.7 Å². The molecule has 1 aromatic rings. The van der Waals surface area contributed by atoms with Crippen LogP contribution in [0.15, 0.2) is 24.3 Å². The van der Waals surface area contributed by atoms with Crippen molar-refractivity contribution in [3.8, 4) is 0 Å².